The van der Waals surface area contributed by atoms with E-state index in [0.29, 0.717) is 18.2 Å². The van der Waals surface area contributed by atoms with E-state index in [1.54, 1.807) is 23.9 Å². The molecule has 3 heterocycles. The van der Waals surface area contributed by atoms with Gasteiger partial charge in [-0.15, -0.1) is 0 Å². The molecule has 2 aliphatic rings. The molecule has 0 radical (unpaired) electrons. The molecule has 1 aromatic heterocycles. The van der Waals surface area contributed by atoms with Gasteiger partial charge in [-0.05, 0) is 17.7 Å². The van der Waals surface area contributed by atoms with E-state index in [1.165, 1.54) is 16.8 Å². The molecule has 1 N–H and O–H groups in total. The van der Waals surface area contributed by atoms with E-state index in [2.05, 4.69) is 10.4 Å². The Labute approximate surface area is 163 Å². The Balaban J connectivity index is 1.69. The highest BCUT2D eigenvalue weighted by Crippen LogP contribution is 2.35. The summed E-state index contributed by atoms with van der Waals surface area (Å²) in [6.45, 7) is 0.670. The van der Waals surface area contributed by atoms with Gasteiger partial charge in [-0.25, -0.2) is 13.4 Å². The Morgan fingerprint density at radius 1 is 1.22 bits per heavy atom. The van der Waals surface area contributed by atoms with Crippen LogP contribution in [-0.4, -0.2) is 46.4 Å². The topological polar surface area (TPSA) is 70.5 Å². The average molecular weight is 406 g/mol. The van der Waals surface area contributed by atoms with Gasteiger partial charge in [0.05, 0.1) is 12.4 Å². The SMILES string of the molecule is Cn1cnc(S(=O)(=O)N2C[C@H](c3ccccc3)[C@@H](N3NC=CC=C3Cl)C2)c1. The van der Waals surface area contributed by atoms with Crippen LogP contribution in [0.1, 0.15) is 11.5 Å². The number of hydrogen-bond donors (Lipinski definition) is 1. The van der Waals surface area contributed by atoms with E-state index in [-0.39, 0.29) is 17.0 Å². The number of hydrazine groups is 1. The molecule has 1 aromatic carbocycles. The second-order valence-electron chi connectivity index (χ2n) is 6.63. The molecular weight excluding hydrogens is 386 g/mol. The zero-order valence-electron chi connectivity index (χ0n) is 14.7. The monoisotopic (exact) mass is 405 g/mol. The van der Waals surface area contributed by atoms with Crippen LogP contribution in [-0.2, 0) is 17.1 Å². The minimum Gasteiger partial charge on any atom is -0.339 e. The lowest BCUT2D eigenvalue weighted by molar-refractivity contribution is 0.209. The van der Waals surface area contributed by atoms with Crippen molar-refractivity contribution in [3.63, 3.8) is 0 Å². The molecule has 1 saturated heterocycles. The molecule has 27 heavy (non-hydrogen) atoms. The smallest absolute Gasteiger partial charge is 0.262 e. The maximum Gasteiger partial charge on any atom is 0.262 e. The van der Waals surface area contributed by atoms with E-state index in [4.69, 9.17) is 11.6 Å². The number of nitrogens with zero attached hydrogens (tertiary/aromatic N) is 4. The van der Waals surface area contributed by atoms with Gasteiger partial charge in [0, 0.05) is 38.5 Å². The zero-order valence-corrected chi connectivity index (χ0v) is 16.3. The van der Waals surface area contributed by atoms with Gasteiger partial charge < -0.3 is 9.99 Å². The van der Waals surface area contributed by atoms with E-state index < -0.39 is 10.0 Å². The van der Waals surface area contributed by atoms with Crippen LogP contribution in [0.3, 0.4) is 0 Å². The standard InChI is InChI=1S/C18H20ClN5O2S/c1-22-12-18(20-13-22)27(25,26)23-10-15(14-6-3-2-4-7-14)16(11-23)24-17(19)8-5-9-21-24/h2-9,12-13,15-16,21H,10-11H2,1H3/t15-,16+/m1/s1. The fourth-order valence-corrected chi connectivity index (χ4v) is 5.24. The first-order valence-corrected chi connectivity index (χ1v) is 10.4. The summed E-state index contributed by atoms with van der Waals surface area (Å²) in [5.74, 6) is -0.0363. The van der Waals surface area contributed by atoms with E-state index in [0.717, 1.165) is 5.56 Å². The minimum absolute atomic E-state index is 0.0363. The maximum absolute atomic E-state index is 13.1. The third kappa shape index (κ3) is 3.36. The number of benzene rings is 1. The van der Waals surface area contributed by atoms with Crippen LogP contribution in [0.5, 0.6) is 0 Å². The summed E-state index contributed by atoms with van der Waals surface area (Å²) in [7, 11) is -1.93. The van der Waals surface area contributed by atoms with Crippen LogP contribution in [0, 0.1) is 0 Å². The predicted molar refractivity (Wildman–Crippen MR) is 103 cm³/mol. The van der Waals surface area contributed by atoms with Crippen molar-refractivity contribution in [1.82, 2.24) is 24.3 Å². The normalized spacial score (nSPS) is 23.3. The molecule has 7 nitrogen and oxygen atoms in total. The third-order valence-electron chi connectivity index (χ3n) is 4.87. The predicted octanol–water partition coefficient (Wildman–Crippen LogP) is 1.99. The highest BCUT2D eigenvalue weighted by Gasteiger charge is 2.44. The molecule has 0 aliphatic carbocycles. The number of imidazole rings is 1. The molecule has 0 saturated carbocycles. The van der Waals surface area contributed by atoms with Crippen LogP contribution < -0.4 is 5.43 Å². The van der Waals surface area contributed by atoms with Crippen LogP contribution in [0.15, 0.2) is 71.4 Å². The first-order valence-electron chi connectivity index (χ1n) is 8.57. The molecule has 9 heteroatoms. The van der Waals surface area contributed by atoms with E-state index in [1.807, 2.05) is 41.4 Å². The van der Waals surface area contributed by atoms with Gasteiger partial charge >= 0.3 is 0 Å². The van der Waals surface area contributed by atoms with Gasteiger partial charge in [-0.1, -0.05) is 41.9 Å². The van der Waals surface area contributed by atoms with Gasteiger partial charge in [-0.3, -0.25) is 5.01 Å². The van der Waals surface area contributed by atoms with Crippen LogP contribution in [0.25, 0.3) is 0 Å². The van der Waals surface area contributed by atoms with Gasteiger partial charge in [0.1, 0.15) is 5.16 Å². The molecule has 0 amide bonds. The fourth-order valence-electron chi connectivity index (χ4n) is 3.54. The summed E-state index contributed by atoms with van der Waals surface area (Å²) in [5, 5.41) is 2.42. The number of aryl methyl sites for hydroxylation is 1. The quantitative estimate of drug-likeness (QED) is 0.788. The first-order chi connectivity index (χ1) is 13.0. The summed E-state index contributed by atoms with van der Waals surface area (Å²) in [4.78, 5) is 4.04. The van der Waals surface area contributed by atoms with Gasteiger partial charge in [0.25, 0.3) is 10.0 Å². The van der Waals surface area contributed by atoms with Crippen LogP contribution in [0.2, 0.25) is 0 Å². The molecule has 0 unspecified atom stereocenters. The second kappa shape index (κ2) is 7.03. The number of hydrogen-bond acceptors (Lipinski definition) is 5. The van der Waals surface area contributed by atoms with Gasteiger partial charge in [0.2, 0.25) is 0 Å². The average Bonchev–Trinajstić information content (AvgIpc) is 3.30. The van der Waals surface area contributed by atoms with Crippen molar-refractivity contribution in [2.45, 2.75) is 17.0 Å². The molecule has 1 fully saturated rings. The number of rotatable bonds is 4. The zero-order chi connectivity index (χ0) is 19.0. The Morgan fingerprint density at radius 3 is 2.67 bits per heavy atom. The minimum atomic E-state index is -3.68. The largest absolute Gasteiger partial charge is 0.339 e. The number of aromatic nitrogens is 2. The van der Waals surface area contributed by atoms with Crippen molar-refractivity contribution in [3.05, 3.63) is 71.9 Å². The van der Waals surface area contributed by atoms with Crippen molar-refractivity contribution >= 4 is 21.6 Å². The molecule has 0 spiro atoms. The number of allylic oxidation sites excluding steroid dienone is 2. The lowest BCUT2D eigenvalue weighted by atomic mass is 9.94. The molecule has 2 atom stereocenters. The Hall–Kier alpha value is -2.29. The molecule has 0 bridgehead atoms. The number of sulfonamides is 1. The number of nitrogens with one attached hydrogen (secondary N) is 1. The van der Waals surface area contributed by atoms with Crippen molar-refractivity contribution < 1.29 is 8.42 Å². The fraction of sp³-hybridized carbons (Fsp3) is 0.278. The first kappa shape index (κ1) is 18.1. The van der Waals surface area contributed by atoms with Crippen LogP contribution in [0.4, 0.5) is 0 Å². The van der Waals surface area contributed by atoms with Gasteiger partial charge in [0.15, 0.2) is 5.03 Å². The lowest BCUT2D eigenvalue weighted by Gasteiger charge is -2.34. The Kier molecular flexibility index (Phi) is 4.71. The van der Waals surface area contributed by atoms with Crippen molar-refractivity contribution in [1.29, 1.82) is 0 Å². The summed E-state index contributed by atoms with van der Waals surface area (Å²) >= 11 is 6.39. The molecule has 2 aliphatic heterocycles. The summed E-state index contributed by atoms with van der Waals surface area (Å²) in [5.41, 5.74) is 4.21. The van der Waals surface area contributed by atoms with E-state index in [9.17, 15) is 8.42 Å². The summed E-state index contributed by atoms with van der Waals surface area (Å²) < 4.78 is 29.3. The highest BCUT2D eigenvalue weighted by molar-refractivity contribution is 7.89. The van der Waals surface area contributed by atoms with Crippen LogP contribution >= 0.6 is 11.6 Å². The maximum atomic E-state index is 13.1. The molecule has 142 valence electrons. The van der Waals surface area contributed by atoms with E-state index >= 15 is 0 Å². The molecule has 4 rings (SSSR count). The Morgan fingerprint density at radius 2 is 2.00 bits per heavy atom. The van der Waals surface area contributed by atoms with Gasteiger partial charge in [-0.2, -0.15) is 4.31 Å². The summed E-state index contributed by atoms with van der Waals surface area (Å²) in [6.07, 6.45) is 8.40. The second-order valence-corrected chi connectivity index (χ2v) is 8.90. The Bertz CT molecular complexity index is 986. The number of halogens is 1. The van der Waals surface area contributed by atoms with Crippen molar-refractivity contribution in [2.24, 2.45) is 7.05 Å². The third-order valence-corrected chi connectivity index (χ3v) is 6.90. The van der Waals surface area contributed by atoms with Crippen molar-refractivity contribution in [2.75, 3.05) is 13.1 Å². The lowest BCUT2D eigenvalue weighted by Crippen LogP contribution is -2.46. The van der Waals surface area contributed by atoms with Crippen molar-refractivity contribution in [3.8, 4) is 0 Å². The summed E-state index contributed by atoms with van der Waals surface area (Å²) in [6, 6.07) is 9.76. The molecular formula is C18H20ClN5O2S. The molecule has 2 aromatic rings. The highest BCUT2D eigenvalue weighted by atomic mass is 35.5.